The summed E-state index contributed by atoms with van der Waals surface area (Å²) in [5.74, 6) is -0.574. The number of hydrogen-bond acceptors (Lipinski definition) is 5. The van der Waals surface area contributed by atoms with E-state index in [9.17, 15) is 9.90 Å². The largest absolute Gasteiger partial charge is 0.507 e. The van der Waals surface area contributed by atoms with Gasteiger partial charge in [0.2, 0.25) is 0 Å². The number of ether oxygens (including phenoxy) is 1. The van der Waals surface area contributed by atoms with Gasteiger partial charge in [0, 0.05) is 24.7 Å². The number of esters is 1. The van der Waals surface area contributed by atoms with E-state index in [-0.39, 0.29) is 17.9 Å². The molecule has 0 aliphatic heterocycles. The quantitative estimate of drug-likeness (QED) is 0.835. The maximum atomic E-state index is 12.2. The van der Waals surface area contributed by atoms with Gasteiger partial charge in [-0.25, -0.2) is 4.79 Å². The Kier molecular flexibility index (Phi) is 4.15. The van der Waals surface area contributed by atoms with Gasteiger partial charge in [-0.1, -0.05) is 0 Å². The summed E-state index contributed by atoms with van der Waals surface area (Å²) in [7, 11) is 3.60. The second-order valence-electron chi connectivity index (χ2n) is 4.63. The Morgan fingerprint density at radius 2 is 2.24 bits per heavy atom. The Hall–Kier alpha value is -2.52. The molecule has 6 heteroatoms. The van der Waals surface area contributed by atoms with Crippen LogP contribution in [0.1, 0.15) is 28.5 Å². The average Bonchev–Trinajstić information content (AvgIpc) is 2.71. The van der Waals surface area contributed by atoms with Crippen LogP contribution >= 0.6 is 0 Å². The summed E-state index contributed by atoms with van der Waals surface area (Å²) in [5, 5.41) is 22.5. The highest BCUT2D eigenvalue weighted by molar-refractivity contribution is 6.06. The molecule has 0 bridgehead atoms. The number of phenols is 1. The van der Waals surface area contributed by atoms with Gasteiger partial charge >= 0.3 is 5.97 Å². The fourth-order valence-electron chi connectivity index (χ4n) is 2.42. The molecule has 1 heterocycles. The Morgan fingerprint density at radius 1 is 1.52 bits per heavy atom. The molecule has 0 aliphatic carbocycles. The van der Waals surface area contributed by atoms with Gasteiger partial charge in [-0.15, -0.1) is 0 Å². The lowest BCUT2D eigenvalue weighted by Gasteiger charge is -2.06. The van der Waals surface area contributed by atoms with E-state index in [1.165, 1.54) is 6.07 Å². The molecule has 2 rings (SSSR count). The summed E-state index contributed by atoms with van der Waals surface area (Å²) < 4.78 is 6.94. The third kappa shape index (κ3) is 2.43. The first-order valence-corrected chi connectivity index (χ1v) is 6.61. The second-order valence-corrected chi connectivity index (χ2v) is 4.63. The molecule has 0 saturated heterocycles. The van der Waals surface area contributed by atoms with Crippen LogP contribution < -0.4 is 5.32 Å². The minimum absolute atomic E-state index is 0.142. The van der Waals surface area contributed by atoms with Crippen LogP contribution in [0.25, 0.3) is 10.9 Å². The molecule has 1 aromatic heterocycles. The molecule has 0 amide bonds. The third-order valence-corrected chi connectivity index (χ3v) is 3.38. The lowest BCUT2D eigenvalue weighted by molar-refractivity contribution is 0.0527. The van der Waals surface area contributed by atoms with Crippen molar-refractivity contribution in [2.75, 3.05) is 13.7 Å². The van der Waals surface area contributed by atoms with Gasteiger partial charge in [-0.2, -0.15) is 5.26 Å². The molecule has 0 fully saturated rings. The number of carbonyl (C=O) groups is 1. The van der Waals surface area contributed by atoms with Crippen LogP contribution in [0.2, 0.25) is 0 Å². The number of aromatic nitrogens is 1. The number of nitrogens with zero attached hydrogens (tertiary/aromatic N) is 2. The number of phenolic OH excluding ortho intramolecular Hbond substituents is 1. The SMILES string of the molecule is CCOC(=O)c1c(CNC)n(C)c2cc(C#N)c(O)cc12. The Bertz CT molecular complexity index is 741. The van der Waals surface area contributed by atoms with E-state index in [4.69, 9.17) is 10.00 Å². The normalized spacial score (nSPS) is 10.6. The highest BCUT2D eigenvalue weighted by Gasteiger charge is 2.23. The smallest absolute Gasteiger partial charge is 0.340 e. The minimum atomic E-state index is -0.433. The van der Waals surface area contributed by atoms with Gasteiger partial charge in [-0.05, 0) is 26.1 Å². The van der Waals surface area contributed by atoms with Crippen molar-refractivity contribution >= 4 is 16.9 Å². The third-order valence-electron chi connectivity index (χ3n) is 3.38. The second kappa shape index (κ2) is 5.85. The van der Waals surface area contributed by atoms with E-state index in [2.05, 4.69) is 5.32 Å². The molecule has 21 heavy (non-hydrogen) atoms. The zero-order chi connectivity index (χ0) is 15.6. The molecule has 1 aromatic carbocycles. The molecule has 0 unspecified atom stereocenters. The molecule has 0 aliphatic rings. The zero-order valence-electron chi connectivity index (χ0n) is 12.2. The molecule has 0 spiro atoms. The number of benzene rings is 1. The Balaban J connectivity index is 2.80. The molecule has 6 nitrogen and oxygen atoms in total. The van der Waals surface area contributed by atoms with Crippen LogP contribution in [0.4, 0.5) is 0 Å². The molecule has 0 atom stereocenters. The first-order valence-electron chi connectivity index (χ1n) is 6.61. The molecular weight excluding hydrogens is 270 g/mol. The summed E-state index contributed by atoms with van der Waals surface area (Å²) in [4.78, 5) is 12.2. The van der Waals surface area contributed by atoms with Crippen molar-refractivity contribution in [1.82, 2.24) is 9.88 Å². The van der Waals surface area contributed by atoms with Crippen LogP contribution in [0.15, 0.2) is 12.1 Å². The predicted molar refractivity (Wildman–Crippen MR) is 78.0 cm³/mol. The van der Waals surface area contributed by atoms with Gasteiger partial charge in [0.1, 0.15) is 11.8 Å². The van der Waals surface area contributed by atoms with Crippen molar-refractivity contribution in [3.8, 4) is 11.8 Å². The average molecular weight is 287 g/mol. The van der Waals surface area contributed by atoms with Gasteiger partial charge in [-0.3, -0.25) is 0 Å². The topological polar surface area (TPSA) is 87.3 Å². The first kappa shape index (κ1) is 14.9. The monoisotopic (exact) mass is 287 g/mol. The summed E-state index contributed by atoms with van der Waals surface area (Å²) in [5.41, 5.74) is 2.05. The van der Waals surface area contributed by atoms with Crippen LogP contribution in [0.3, 0.4) is 0 Å². The molecule has 2 aromatic rings. The molecule has 0 radical (unpaired) electrons. The number of fused-ring (bicyclic) bond motifs is 1. The van der Waals surface area contributed by atoms with Crippen molar-refractivity contribution < 1.29 is 14.6 Å². The first-order chi connectivity index (χ1) is 10.0. The Morgan fingerprint density at radius 3 is 2.81 bits per heavy atom. The van der Waals surface area contributed by atoms with Crippen LogP contribution in [-0.2, 0) is 18.3 Å². The van der Waals surface area contributed by atoms with Crippen molar-refractivity contribution in [2.24, 2.45) is 7.05 Å². The fraction of sp³-hybridized carbons (Fsp3) is 0.333. The van der Waals surface area contributed by atoms with Crippen LogP contribution in [0.5, 0.6) is 5.75 Å². The van der Waals surface area contributed by atoms with Crippen molar-refractivity contribution in [2.45, 2.75) is 13.5 Å². The maximum Gasteiger partial charge on any atom is 0.340 e. The lowest BCUT2D eigenvalue weighted by atomic mass is 10.1. The van der Waals surface area contributed by atoms with E-state index < -0.39 is 5.97 Å². The molecule has 2 N–H and O–H groups in total. The predicted octanol–water partition coefficient (Wildman–Crippen LogP) is 1.65. The lowest BCUT2D eigenvalue weighted by Crippen LogP contribution is -2.14. The van der Waals surface area contributed by atoms with Crippen LogP contribution in [-0.4, -0.2) is 29.3 Å². The van der Waals surface area contributed by atoms with Gasteiger partial charge < -0.3 is 19.7 Å². The van der Waals surface area contributed by atoms with E-state index in [1.807, 2.05) is 17.7 Å². The number of carbonyl (C=O) groups excluding carboxylic acids is 1. The van der Waals surface area contributed by atoms with E-state index in [0.29, 0.717) is 23.0 Å². The van der Waals surface area contributed by atoms with Gasteiger partial charge in [0.25, 0.3) is 0 Å². The standard InChI is InChI=1S/C15H17N3O3/c1-4-21-15(20)14-10-6-13(19)9(7-16)5-11(10)18(3)12(14)8-17-2/h5-6,17,19H,4,8H2,1-3H3. The van der Waals surface area contributed by atoms with Gasteiger partial charge in [0.05, 0.1) is 23.3 Å². The number of hydrogen-bond donors (Lipinski definition) is 2. The molecule has 0 saturated carbocycles. The summed E-state index contributed by atoms with van der Waals surface area (Å²) in [6, 6.07) is 4.95. The summed E-state index contributed by atoms with van der Waals surface area (Å²) in [6.45, 7) is 2.49. The number of rotatable bonds is 4. The number of nitrogens with one attached hydrogen (secondary N) is 1. The maximum absolute atomic E-state index is 12.2. The molecule has 110 valence electrons. The van der Waals surface area contributed by atoms with Crippen molar-refractivity contribution in [3.05, 3.63) is 29.0 Å². The molecular formula is C15H17N3O3. The number of aryl methyl sites for hydroxylation is 1. The van der Waals surface area contributed by atoms with E-state index in [0.717, 1.165) is 5.69 Å². The summed E-state index contributed by atoms with van der Waals surface area (Å²) in [6.07, 6.45) is 0. The zero-order valence-corrected chi connectivity index (χ0v) is 12.2. The Labute approximate surface area is 122 Å². The number of nitriles is 1. The van der Waals surface area contributed by atoms with Crippen molar-refractivity contribution in [3.63, 3.8) is 0 Å². The van der Waals surface area contributed by atoms with Gasteiger partial charge in [0.15, 0.2) is 0 Å². The highest BCUT2D eigenvalue weighted by Crippen LogP contribution is 2.31. The summed E-state index contributed by atoms with van der Waals surface area (Å²) >= 11 is 0. The highest BCUT2D eigenvalue weighted by atomic mass is 16.5. The number of aromatic hydroxyl groups is 1. The minimum Gasteiger partial charge on any atom is -0.507 e. The van der Waals surface area contributed by atoms with Crippen LogP contribution in [0, 0.1) is 11.3 Å². The fourth-order valence-corrected chi connectivity index (χ4v) is 2.42. The van der Waals surface area contributed by atoms with E-state index >= 15 is 0 Å². The van der Waals surface area contributed by atoms with Crippen molar-refractivity contribution in [1.29, 1.82) is 5.26 Å². The van der Waals surface area contributed by atoms with E-state index in [1.54, 1.807) is 20.0 Å².